The van der Waals surface area contributed by atoms with Crippen molar-refractivity contribution >= 4 is 22.8 Å². The summed E-state index contributed by atoms with van der Waals surface area (Å²) >= 11 is 0. The van der Waals surface area contributed by atoms with Gasteiger partial charge in [0.1, 0.15) is 12.1 Å². The summed E-state index contributed by atoms with van der Waals surface area (Å²) in [6.45, 7) is 3.47. The molecule has 3 N–H and O–H groups in total. The quantitative estimate of drug-likeness (QED) is 0.514. The van der Waals surface area contributed by atoms with Crippen molar-refractivity contribution < 1.29 is 14.3 Å². The highest BCUT2D eigenvalue weighted by Gasteiger charge is 2.33. The molecule has 0 unspecified atom stereocenters. The lowest BCUT2D eigenvalue weighted by Gasteiger charge is -2.27. The normalized spacial score (nSPS) is 12.5. The fourth-order valence-corrected chi connectivity index (χ4v) is 3.20. The molecule has 1 heterocycles. The van der Waals surface area contributed by atoms with Crippen LogP contribution in [0, 0.1) is 0 Å². The van der Waals surface area contributed by atoms with Crippen molar-refractivity contribution in [2.24, 2.45) is 0 Å². The third kappa shape index (κ3) is 5.03. The predicted octanol–water partition coefficient (Wildman–Crippen LogP) is 2.94. The van der Waals surface area contributed by atoms with Gasteiger partial charge in [0, 0.05) is 17.1 Å². The molecule has 0 saturated carbocycles. The SMILES string of the molecule is CN[C@H](Cc1c[nH]c2ccccc12)C(=O)NC(C)(C)C(=O)OCc1ccccc1. The lowest BCUT2D eigenvalue weighted by molar-refractivity contribution is -0.153. The summed E-state index contributed by atoms with van der Waals surface area (Å²) in [5.41, 5.74) is 1.83. The summed E-state index contributed by atoms with van der Waals surface area (Å²) in [5, 5.41) is 6.95. The monoisotopic (exact) mass is 393 g/mol. The van der Waals surface area contributed by atoms with Crippen molar-refractivity contribution in [3.63, 3.8) is 0 Å². The molecule has 6 nitrogen and oxygen atoms in total. The van der Waals surface area contributed by atoms with Gasteiger partial charge in [-0.05, 0) is 44.5 Å². The fraction of sp³-hybridized carbons (Fsp3) is 0.304. The van der Waals surface area contributed by atoms with Gasteiger partial charge in [-0.25, -0.2) is 4.79 Å². The molecule has 2 aromatic carbocycles. The molecule has 29 heavy (non-hydrogen) atoms. The van der Waals surface area contributed by atoms with E-state index in [0.29, 0.717) is 6.42 Å². The number of carbonyl (C=O) groups is 2. The molecule has 152 valence electrons. The largest absolute Gasteiger partial charge is 0.459 e. The summed E-state index contributed by atoms with van der Waals surface area (Å²) in [6, 6.07) is 16.9. The molecule has 6 heteroatoms. The first-order valence-corrected chi connectivity index (χ1v) is 9.66. The van der Waals surface area contributed by atoms with Crippen molar-refractivity contribution in [1.29, 1.82) is 0 Å². The molecule has 0 spiro atoms. The van der Waals surface area contributed by atoms with E-state index in [1.165, 1.54) is 0 Å². The highest BCUT2D eigenvalue weighted by Crippen LogP contribution is 2.19. The number of likely N-dealkylation sites (N-methyl/N-ethyl adjacent to an activating group) is 1. The molecule has 0 aliphatic rings. The first-order chi connectivity index (χ1) is 13.9. The molecule has 0 fully saturated rings. The number of fused-ring (bicyclic) bond motifs is 1. The Bertz CT molecular complexity index is 979. The Kier molecular flexibility index (Phi) is 6.34. The average Bonchev–Trinajstić information content (AvgIpc) is 3.13. The van der Waals surface area contributed by atoms with Crippen LogP contribution in [0.25, 0.3) is 10.9 Å². The Morgan fingerprint density at radius 1 is 1.07 bits per heavy atom. The zero-order valence-electron chi connectivity index (χ0n) is 17.0. The minimum Gasteiger partial charge on any atom is -0.459 e. The van der Waals surface area contributed by atoms with Crippen LogP contribution in [-0.2, 0) is 27.4 Å². The third-order valence-electron chi connectivity index (χ3n) is 4.92. The topological polar surface area (TPSA) is 83.2 Å². The minimum absolute atomic E-state index is 0.170. The van der Waals surface area contributed by atoms with Crippen LogP contribution in [0.15, 0.2) is 60.8 Å². The lowest BCUT2D eigenvalue weighted by atomic mass is 10.0. The average molecular weight is 393 g/mol. The van der Waals surface area contributed by atoms with Crippen LogP contribution in [0.2, 0.25) is 0 Å². The first kappa shape index (κ1) is 20.6. The fourth-order valence-electron chi connectivity index (χ4n) is 3.20. The maximum absolute atomic E-state index is 12.8. The number of hydrogen-bond acceptors (Lipinski definition) is 4. The molecule has 3 rings (SSSR count). The van der Waals surface area contributed by atoms with Crippen molar-refractivity contribution in [3.05, 3.63) is 71.9 Å². The second-order valence-electron chi connectivity index (χ2n) is 7.58. The van der Waals surface area contributed by atoms with Crippen LogP contribution >= 0.6 is 0 Å². The van der Waals surface area contributed by atoms with E-state index < -0.39 is 17.6 Å². The van der Waals surface area contributed by atoms with Crippen LogP contribution in [0.1, 0.15) is 25.0 Å². The number of H-pyrrole nitrogens is 1. The third-order valence-corrected chi connectivity index (χ3v) is 4.92. The van der Waals surface area contributed by atoms with E-state index in [1.807, 2.05) is 60.8 Å². The van der Waals surface area contributed by atoms with Crippen molar-refractivity contribution in [3.8, 4) is 0 Å². The number of rotatable bonds is 8. The van der Waals surface area contributed by atoms with Gasteiger partial charge in [-0.1, -0.05) is 48.5 Å². The lowest BCUT2D eigenvalue weighted by Crippen LogP contribution is -2.56. The molecule has 0 radical (unpaired) electrons. The van der Waals surface area contributed by atoms with Gasteiger partial charge in [-0.3, -0.25) is 4.79 Å². The number of benzene rings is 2. The maximum Gasteiger partial charge on any atom is 0.331 e. The summed E-state index contributed by atoms with van der Waals surface area (Å²) in [7, 11) is 1.74. The number of hydrogen-bond donors (Lipinski definition) is 3. The van der Waals surface area contributed by atoms with E-state index in [-0.39, 0.29) is 12.5 Å². The van der Waals surface area contributed by atoms with Gasteiger partial charge in [-0.15, -0.1) is 0 Å². The summed E-state index contributed by atoms with van der Waals surface area (Å²) < 4.78 is 5.39. The highest BCUT2D eigenvalue weighted by molar-refractivity contribution is 5.91. The number of carbonyl (C=O) groups excluding carboxylic acids is 2. The summed E-state index contributed by atoms with van der Waals surface area (Å²) in [4.78, 5) is 28.6. The number of para-hydroxylation sites is 1. The van der Waals surface area contributed by atoms with Crippen LogP contribution in [0.4, 0.5) is 0 Å². The van der Waals surface area contributed by atoms with E-state index in [9.17, 15) is 9.59 Å². The van der Waals surface area contributed by atoms with Crippen molar-refractivity contribution in [2.75, 3.05) is 7.05 Å². The van der Waals surface area contributed by atoms with Gasteiger partial charge in [0.25, 0.3) is 0 Å². The maximum atomic E-state index is 12.8. The van der Waals surface area contributed by atoms with Gasteiger partial charge < -0.3 is 20.4 Å². The zero-order valence-corrected chi connectivity index (χ0v) is 17.0. The molecule has 1 atom stereocenters. The van der Waals surface area contributed by atoms with Gasteiger partial charge in [0.15, 0.2) is 0 Å². The van der Waals surface area contributed by atoms with E-state index in [0.717, 1.165) is 22.0 Å². The number of nitrogens with one attached hydrogen (secondary N) is 3. The number of ether oxygens (including phenoxy) is 1. The molecular weight excluding hydrogens is 366 g/mol. The standard InChI is InChI=1S/C23H27N3O3/c1-23(2,22(28)29-15-16-9-5-4-6-10-16)26-21(27)20(24-3)13-17-14-25-19-12-8-7-11-18(17)19/h4-12,14,20,24-25H,13,15H2,1-3H3,(H,26,27)/t20-/m1/s1. The van der Waals surface area contributed by atoms with Gasteiger partial charge in [0.05, 0.1) is 6.04 Å². The van der Waals surface area contributed by atoms with Crippen molar-refractivity contribution in [2.45, 2.75) is 38.5 Å². The second kappa shape index (κ2) is 8.92. The highest BCUT2D eigenvalue weighted by atomic mass is 16.5. The Balaban J connectivity index is 1.62. The van der Waals surface area contributed by atoms with E-state index >= 15 is 0 Å². The Hall–Kier alpha value is -3.12. The molecular formula is C23H27N3O3. The molecule has 0 bridgehead atoms. The molecule has 0 aliphatic heterocycles. The van der Waals surface area contributed by atoms with Crippen LogP contribution in [0.3, 0.4) is 0 Å². The Labute approximate surface area is 170 Å². The minimum atomic E-state index is -1.14. The Morgan fingerprint density at radius 3 is 2.48 bits per heavy atom. The smallest absolute Gasteiger partial charge is 0.331 e. The Morgan fingerprint density at radius 2 is 1.76 bits per heavy atom. The van der Waals surface area contributed by atoms with Crippen molar-refractivity contribution in [1.82, 2.24) is 15.6 Å². The summed E-state index contributed by atoms with van der Waals surface area (Å²) in [5.74, 6) is -0.726. The van der Waals surface area contributed by atoms with Gasteiger partial charge in [0.2, 0.25) is 5.91 Å². The molecule has 0 aliphatic carbocycles. The molecule has 1 aromatic heterocycles. The predicted molar refractivity (Wildman–Crippen MR) is 113 cm³/mol. The zero-order chi connectivity index (χ0) is 20.9. The van der Waals surface area contributed by atoms with E-state index in [4.69, 9.17) is 4.74 Å². The van der Waals surface area contributed by atoms with Crippen LogP contribution in [0.5, 0.6) is 0 Å². The van der Waals surface area contributed by atoms with Gasteiger partial charge >= 0.3 is 5.97 Å². The van der Waals surface area contributed by atoms with E-state index in [1.54, 1.807) is 20.9 Å². The second-order valence-corrected chi connectivity index (χ2v) is 7.58. The molecule has 0 saturated heterocycles. The van der Waals surface area contributed by atoms with Crippen LogP contribution in [-0.4, -0.2) is 35.5 Å². The molecule has 1 amide bonds. The first-order valence-electron chi connectivity index (χ1n) is 9.66. The van der Waals surface area contributed by atoms with Crippen LogP contribution < -0.4 is 10.6 Å². The molecule has 3 aromatic rings. The number of amides is 1. The number of aromatic nitrogens is 1. The number of aromatic amines is 1. The van der Waals surface area contributed by atoms with Gasteiger partial charge in [-0.2, -0.15) is 0 Å². The summed E-state index contributed by atoms with van der Waals surface area (Å²) in [6.07, 6.45) is 2.42. The number of esters is 1. The van der Waals surface area contributed by atoms with E-state index in [2.05, 4.69) is 15.6 Å².